The fourth-order valence-electron chi connectivity index (χ4n) is 5.63. The summed E-state index contributed by atoms with van der Waals surface area (Å²) in [6, 6.07) is 15.3. The zero-order chi connectivity index (χ0) is 25.7. The summed E-state index contributed by atoms with van der Waals surface area (Å²) in [6.45, 7) is 4.09. The molecular weight excluding hydrogens is 460 g/mol. The highest BCUT2D eigenvalue weighted by molar-refractivity contribution is 5.66. The monoisotopic (exact) mass is 494 g/mol. The molecule has 36 heavy (non-hydrogen) atoms. The average molecular weight is 495 g/mol. The molecule has 0 radical (unpaired) electrons. The Morgan fingerprint density at radius 1 is 0.833 bits per heavy atom. The molecule has 1 saturated carbocycles. The van der Waals surface area contributed by atoms with Crippen LogP contribution in [-0.4, -0.2) is 0 Å². The summed E-state index contributed by atoms with van der Waals surface area (Å²) in [7, 11) is 0. The summed E-state index contributed by atoms with van der Waals surface area (Å²) >= 11 is 0. The standard InChI is InChI=1S/C32H34F4/c1-3-4-6-11-27-28(33)19-26(20-29(27)34)32-30(35)17-25(18-31(32)36)24-14-12-22(13-15-24)16-21(2)23-9-7-5-8-10-23/h3-5,7-10,17-22,24H,6,11-16H2,1-2H3/b4-3+. The lowest BCUT2D eigenvalue weighted by Gasteiger charge is -2.30. The molecule has 0 aliphatic heterocycles. The first-order chi connectivity index (χ1) is 17.4. The summed E-state index contributed by atoms with van der Waals surface area (Å²) in [6.07, 6.45) is 9.25. The van der Waals surface area contributed by atoms with Gasteiger partial charge in [0.15, 0.2) is 0 Å². The van der Waals surface area contributed by atoms with E-state index >= 15 is 8.78 Å². The zero-order valence-corrected chi connectivity index (χ0v) is 21.0. The maximum absolute atomic E-state index is 15.1. The second kappa shape index (κ2) is 11.9. The van der Waals surface area contributed by atoms with Crippen molar-refractivity contribution in [3.05, 3.63) is 107 Å². The number of allylic oxidation sites excluding steroid dienone is 2. The molecule has 0 bridgehead atoms. The lowest BCUT2D eigenvalue weighted by atomic mass is 9.75. The van der Waals surface area contributed by atoms with Crippen LogP contribution in [0.3, 0.4) is 0 Å². The second-order valence-electron chi connectivity index (χ2n) is 10.2. The van der Waals surface area contributed by atoms with E-state index in [1.54, 1.807) is 0 Å². The Kier molecular flexibility index (Phi) is 8.66. The van der Waals surface area contributed by atoms with E-state index in [0.717, 1.165) is 44.2 Å². The summed E-state index contributed by atoms with van der Waals surface area (Å²) < 4.78 is 59.4. The number of rotatable bonds is 8. The van der Waals surface area contributed by atoms with Crippen LogP contribution < -0.4 is 0 Å². The second-order valence-corrected chi connectivity index (χ2v) is 10.2. The van der Waals surface area contributed by atoms with Crippen molar-refractivity contribution in [3.8, 4) is 11.1 Å². The van der Waals surface area contributed by atoms with Gasteiger partial charge in [-0.05, 0) is 111 Å². The maximum atomic E-state index is 15.1. The molecule has 3 aromatic rings. The van der Waals surface area contributed by atoms with Crippen molar-refractivity contribution < 1.29 is 17.6 Å². The van der Waals surface area contributed by atoms with Crippen molar-refractivity contribution in [2.75, 3.05) is 0 Å². The topological polar surface area (TPSA) is 0 Å². The molecule has 1 fully saturated rings. The van der Waals surface area contributed by atoms with Gasteiger partial charge in [0, 0.05) is 5.56 Å². The molecule has 0 amide bonds. The Balaban J connectivity index is 1.45. The molecule has 0 aromatic heterocycles. The summed E-state index contributed by atoms with van der Waals surface area (Å²) in [4.78, 5) is 0. The average Bonchev–Trinajstić information content (AvgIpc) is 2.86. The van der Waals surface area contributed by atoms with Crippen LogP contribution in [0.2, 0.25) is 0 Å². The van der Waals surface area contributed by atoms with Crippen LogP contribution in [0.5, 0.6) is 0 Å². The number of benzene rings is 3. The number of halogens is 4. The number of hydrogen-bond donors (Lipinski definition) is 0. The van der Waals surface area contributed by atoms with Crippen molar-refractivity contribution >= 4 is 0 Å². The lowest BCUT2D eigenvalue weighted by molar-refractivity contribution is 0.296. The van der Waals surface area contributed by atoms with Crippen molar-refractivity contribution in [1.29, 1.82) is 0 Å². The Bertz CT molecular complexity index is 1140. The van der Waals surface area contributed by atoms with Gasteiger partial charge < -0.3 is 0 Å². The molecule has 0 N–H and O–H groups in total. The van der Waals surface area contributed by atoms with Crippen LogP contribution in [-0.2, 0) is 6.42 Å². The van der Waals surface area contributed by atoms with E-state index in [1.165, 1.54) is 17.7 Å². The van der Waals surface area contributed by atoms with E-state index in [4.69, 9.17) is 0 Å². The van der Waals surface area contributed by atoms with Crippen LogP contribution in [0, 0.1) is 29.2 Å². The predicted octanol–water partition coefficient (Wildman–Crippen LogP) is 9.89. The molecule has 1 atom stereocenters. The van der Waals surface area contributed by atoms with Crippen LogP contribution in [0.1, 0.15) is 80.9 Å². The SMILES string of the molecule is C/C=C/CCc1c(F)cc(-c2c(F)cc(C3CCC(CC(C)c4ccccc4)CC3)cc2F)cc1F. The first kappa shape index (κ1) is 26.2. The molecule has 1 aliphatic carbocycles. The van der Waals surface area contributed by atoms with Gasteiger partial charge in [0.25, 0.3) is 0 Å². The van der Waals surface area contributed by atoms with Crippen LogP contribution in [0.15, 0.2) is 66.7 Å². The molecule has 1 unspecified atom stereocenters. The quantitative estimate of drug-likeness (QED) is 0.216. The van der Waals surface area contributed by atoms with E-state index in [9.17, 15) is 8.78 Å². The smallest absolute Gasteiger partial charge is 0.134 e. The van der Waals surface area contributed by atoms with Gasteiger partial charge in [-0.2, -0.15) is 0 Å². The first-order valence-corrected chi connectivity index (χ1v) is 13.0. The Morgan fingerprint density at radius 2 is 1.44 bits per heavy atom. The predicted molar refractivity (Wildman–Crippen MR) is 139 cm³/mol. The van der Waals surface area contributed by atoms with E-state index in [1.807, 2.05) is 25.1 Å². The van der Waals surface area contributed by atoms with Crippen LogP contribution in [0.25, 0.3) is 11.1 Å². The molecular formula is C32H34F4. The van der Waals surface area contributed by atoms with Crippen LogP contribution >= 0.6 is 0 Å². The van der Waals surface area contributed by atoms with Gasteiger partial charge in [0.05, 0.1) is 5.56 Å². The van der Waals surface area contributed by atoms with E-state index in [0.29, 0.717) is 23.8 Å². The van der Waals surface area contributed by atoms with Crippen LogP contribution in [0.4, 0.5) is 17.6 Å². The molecule has 0 spiro atoms. The first-order valence-electron chi connectivity index (χ1n) is 13.0. The van der Waals surface area contributed by atoms with Crippen molar-refractivity contribution in [2.24, 2.45) is 5.92 Å². The van der Waals surface area contributed by atoms with Gasteiger partial charge in [0.2, 0.25) is 0 Å². The Morgan fingerprint density at radius 3 is 2.03 bits per heavy atom. The molecule has 0 saturated heterocycles. The third kappa shape index (κ3) is 6.08. The van der Waals surface area contributed by atoms with Gasteiger partial charge in [-0.25, -0.2) is 17.6 Å². The summed E-state index contributed by atoms with van der Waals surface area (Å²) in [5, 5.41) is 0. The summed E-state index contributed by atoms with van der Waals surface area (Å²) in [5.41, 5.74) is 1.43. The molecule has 4 heteroatoms. The maximum Gasteiger partial charge on any atom is 0.134 e. The fourth-order valence-corrected chi connectivity index (χ4v) is 5.63. The van der Waals surface area contributed by atoms with E-state index < -0.39 is 23.3 Å². The van der Waals surface area contributed by atoms with Gasteiger partial charge in [-0.1, -0.05) is 49.4 Å². The van der Waals surface area contributed by atoms with Crippen molar-refractivity contribution in [3.63, 3.8) is 0 Å². The highest BCUT2D eigenvalue weighted by Gasteiger charge is 2.26. The summed E-state index contributed by atoms with van der Waals surface area (Å²) in [5.74, 6) is -1.93. The van der Waals surface area contributed by atoms with E-state index in [-0.39, 0.29) is 29.0 Å². The minimum absolute atomic E-state index is 0.0624. The van der Waals surface area contributed by atoms with Gasteiger partial charge in [-0.3, -0.25) is 0 Å². The fraction of sp³-hybridized carbons (Fsp3) is 0.375. The van der Waals surface area contributed by atoms with Gasteiger partial charge in [-0.15, -0.1) is 0 Å². The zero-order valence-electron chi connectivity index (χ0n) is 21.0. The normalized spacial score (nSPS) is 19.1. The Hall–Kier alpha value is -2.88. The molecule has 0 heterocycles. The number of hydrogen-bond acceptors (Lipinski definition) is 0. The highest BCUT2D eigenvalue weighted by atomic mass is 19.1. The largest absolute Gasteiger partial charge is 0.207 e. The molecule has 0 nitrogen and oxygen atoms in total. The van der Waals surface area contributed by atoms with Gasteiger partial charge in [0.1, 0.15) is 23.3 Å². The van der Waals surface area contributed by atoms with Gasteiger partial charge >= 0.3 is 0 Å². The lowest BCUT2D eigenvalue weighted by Crippen LogP contribution is -2.15. The third-order valence-corrected chi connectivity index (χ3v) is 7.66. The van der Waals surface area contributed by atoms with Crippen molar-refractivity contribution in [2.45, 2.75) is 70.6 Å². The van der Waals surface area contributed by atoms with E-state index in [2.05, 4.69) is 31.2 Å². The molecule has 1 aliphatic rings. The third-order valence-electron chi connectivity index (χ3n) is 7.66. The van der Waals surface area contributed by atoms with Crippen molar-refractivity contribution in [1.82, 2.24) is 0 Å². The minimum Gasteiger partial charge on any atom is -0.207 e. The molecule has 3 aromatic carbocycles. The minimum atomic E-state index is -0.777. The molecule has 190 valence electrons. The molecule has 4 rings (SSSR count). The highest BCUT2D eigenvalue weighted by Crippen LogP contribution is 2.41. The Labute approximate surface area is 212 Å².